The van der Waals surface area contributed by atoms with Crippen LogP contribution in [-0.4, -0.2) is 41.0 Å². The molecule has 2 aliphatic rings. The summed E-state index contributed by atoms with van der Waals surface area (Å²) >= 11 is 0. The summed E-state index contributed by atoms with van der Waals surface area (Å²) in [5, 5.41) is 3.07. The van der Waals surface area contributed by atoms with Gasteiger partial charge in [-0.15, -0.1) is 0 Å². The highest BCUT2D eigenvalue weighted by molar-refractivity contribution is 5.99. The number of anilines is 1. The van der Waals surface area contributed by atoms with E-state index in [4.69, 9.17) is 5.73 Å². The Bertz CT molecular complexity index is 498. The van der Waals surface area contributed by atoms with Crippen LogP contribution in [0.4, 0.5) is 5.69 Å². The molecule has 5 heteroatoms. The van der Waals surface area contributed by atoms with Crippen LogP contribution >= 0.6 is 0 Å². The van der Waals surface area contributed by atoms with Gasteiger partial charge in [-0.25, -0.2) is 0 Å². The van der Waals surface area contributed by atoms with Crippen molar-refractivity contribution in [1.29, 1.82) is 0 Å². The zero-order valence-corrected chi connectivity index (χ0v) is 11.2. The quantitative estimate of drug-likeness (QED) is 0.848. The number of hydrogen-bond donors (Lipinski definition) is 2. The molecule has 2 heterocycles. The van der Waals surface area contributed by atoms with E-state index >= 15 is 0 Å². The van der Waals surface area contributed by atoms with Crippen LogP contribution in [0.2, 0.25) is 0 Å². The predicted molar refractivity (Wildman–Crippen MR) is 73.9 cm³/mol. The molecule has 2 fully saturated rings. The molecule has 19 heavy (non-hydrogen) atoms. The van der Waals surface area contributed by atoms with Crippen molar-refractivity contribution in [2.75, 3.05) is 18.8 Å². The number of nitrogens with one attached hydrogen (secondary N) is 1. The highest BCUT2D eigenvalue weighted by Crippen LogP contribution is 2.29. The second-order valence-electron chi connectivity index (χ2n) is 5.60. The third kappa shape index (κ3) is 2.71. The molecule has 1 aliphatic carbocycles. The summed E-state index contributed by atoms with van der Waals surface area (Å²) in [7, 11) is 0. The monoisotopic (exact) mass is 260 g/mol. The molecule has 1 saturated heterocycles. The normalized spacial score (nSPS) is 23.5. The van der Waals surface area contributed by atoms with Crippen LogP contribution in [0.5, 0.6) is 0 Å². The number of carbonyl (C=O) groups is 1. The molecule has 1 unspecified atom stereocenters. The number of nitrogens with zero attached hydrogens (tertiary/aromatic N) is 2. The first-order valence-electron chi connectivity index (χ1n) is 6.90. The van der Waals surface area contributed by atoms with Gasteiger partial charge in [0.25, 0.3) is 5.91 Å². The Morgan fingerprint density at radius 3 is 2.95 bits per heavy atom. The molecule has 1 saturated carbocycles. The summed E-state index contributed by atoms with van der Waals surface area (Å²) in [6.45, 7) is 3.93. The largest absolute Gasteiger partial charge is 0.398 e. The first-order valence-corrected chi connectivity index (χ1v) is 6.90. The van der Waals surface area contributed by atoms with E-state index < -0.39 is 0 Å². The van der Waals surface area contributed by atoms with Gasteiger partial charge in [-0.05, 0) is 32.3 Å². The minimum Gasteiger partial charge on any atom is -0.398 e. The van der Waals surface area contributed by atoms with Crippen LogP contribution in [-0.2, 0) is 0 Å². The maximum Gasteiger partial charge on any atom is 0.255 e. The molecular formula is C14H20N4O. The van der Waals surface area contributed by atoms with Gasteiger partial charge in [0.15, 0.2) is 0 Å². The molecule has 1 aliphatic heterocycles. The number of carbonyl (C=O) groups excluding carboxylic acids is 1. The third-order valence-corrected chi connectivity index (χ3v) is 3.94. The van der Waals surface area contributed by atoms with Crippen LogP contribution in [0.3, 0.4) is 0 Å². The summed E-state index contributed by atoms with van der Waals surface area (Å²) < 4.78 is 0. The molecule has 1 aromatic heterocycles. The van der Waals surface area contributed by atoms with Crippen molar-refractivity contribution in [3.63, 3.8) is 0 Å². The minimum atomic E-state index is -0.104. The number of pyridine rings is 1. The van der Waals surface area contributed by atoms with Crippen molar-refractivity contribution in [1.82, 2.24) is 15.2 Å². The number of hydrogen-bond acceptors (Lipinski definition) is 4. The van der Waals surface area contributed by atoms with E-state index in [0.29, 0.717) is 11.3 Å². The van der Waals surface area contributed by atoms with Crippen molar-refractivity contribution in [3.05, 3.63) is 23.5 Å². The highest BCUT2D eigenvalue weighted by Gasteiger charge is 2.34. The number of rotatable bonds is 3. The second kappa shape index (κ2) is 4.81. The fourth-order valence-electron chi connectivity index (χ4n) is 2.71. The Labute approximate surface area is 113 Å². The molecule has 3 rings (SSSR count). The summed E-state index contributed by atoms with van der Waals surface area (Å²) in [6, 6.07) is 2.75. The Morgan fingerprint density at radius 1 is 1.47 bits per heavy atom. The summed E-state index contributed by atoms with van der Waals surface area (Å²) in [4.78, 5) is 18.8. The Morgan fingerprint density at radius 2 is 2.26 bits per heavy atom. The smallest absolute Gasteiger partial charge is 0.255 e. The van der Waals surface area contributed by atoms with E-state index in [1.807, 2.05) is 6.92 Å². The standard InChI is InChI=1S/C14H20N4O/c1-9-6-13(15)12(7-16-9)14(19)17-10-4-5-18(8-10)11-2-3-11/h6-7,10-11H,2-5,8H2,1H3,(H2,15,16)(H,17,19). The first kappa shape index (κ1) is 12.4. The van der Waals surface area contributed by atoms with Crippen LogP contribution in [0.1, 0.15) is 35.3 Å². The predicted octanol–water partition coefficient (Wildman–Crippen LogP) is 0.939. The lowest BCUT2D eigenvalue weighted by Crippen LogP contribution is -2.37. The van der Waals surface area contributed by atoms with Crippen LogP contribution < -0.4 is 11.1 Å². The summed E-state index contributed by atoms with van der Waals surface area (Å²) in [6.07, 6.45) is 5.22. The molecule has 0 bridgehead atoms. The number of amides is 1. The van der Waals surface area contributed by atoms with E-state index in [0.717, 1.165) is 31.2 Å². The summed E-state index contributed by atoms with van der Waals surface area (Å²) in [5.74, 6) is -0.104. The maximum absolute atomic E-state index is 12.2. The number of nitrogen functional groups attached to an aromatic ring is 1. The molecule has 1 atom stereocenters. The van der Waals surface area contributed by atoms with E-state index in [1.165, 1.54) is 12.8 Å². The van der Waals surface area contributed by atoms with Gasteiger partial charge in [-0.3, -0.25) is 14.7 Å². The summed E-state index contributed by atoms with van der Waals surface area (Å²) in [5.41, 5.74) is 7.68. The van der Waals surface area contributed by atoms with Crippen LogP contribution in [0.15, 0.2) is 12.3 Å². The molecule has 1 amide bonds. The molecular weight excluding hydrogens is 240 g/mol. The van der Waals surface area contributed by atoms with Gasteiger partial charge in [-0.1, -0.05) is 0 Å². The van der Waals surface area contributed by atoms with E-state index in [-0.39, 0.29) is 11.9 Å². The van der Waals surface area contributed by atoms with Crippen molar-refractivity contribution in [2.24, 2.45) is 0 Å². The lowest BCUT2D eigenvalue weighted by molar-refractivity contribution is 0.0938. The van der Waals surface area contributed by atoms with Gasteiger partial charge < -0.3 is 11.1 Å². The second-order valence-corrected chi connectivity index (χ2v) is 5.60. The fourth-order valence-corrected chi connectivity index (χ4v) is 2.71. The van der Waals surface area contributed by atoms with Crippen LogP contribution in [0, 0.1) is 6.92 Å². The average molecular weight is 260 g/mol. The van der Waals surface area contributed by atoms with E-state index in [9.17, 15) is 4.79 Å². The van der Waals surface area contributed by atoms with Crippen molar-refractivity contribution in [2.45, 2.75) is 38.3 Å². The van der Waals surface area contributed by atoms with Crippen molar-refractivity contribution < 1.29 is 4.79 Å². The van der Waals surface area contributed by atoms with Gasteiger partial charge in [-0.2, -0.15) is 0 Å². The zero-order chi connectivity index (χ0) is 13.4. The van der Waals surface area contributed by atoms with Gasteiger partial charge in [0.1, 0.15) is 0 Å². The van der Waals surface area contributed by atoms with Crippen molar-refractivity contribution in [3.8, 4) is 0 Å². The SMILES string of the molecule is Cc1cc(N)c(C(=O)NC2CCN(C3CC3)C2)cn1. The molecule has 3 N–H and O–H groups in total. The zero-order valence-electron chi connectivity index (χ0n) is 11.2. The molecule has 1 aromatic rings. The van der Waals surface area contributed by atoms with E-state index in [2.05, 4.69) is 15.2 Å². The molecule has 0 radical (unpaired) electrons. The van der Waals surface area contributed by atoms with Gasteiger partial charge in [0.05, 0.1) is 5.56 Å². The van der Waals surface area contributed by atoms with Gasteiger partial charge >= 0.3 is 0 Å². The lowest BCUT2D eigenvalue weighted by atomic mass is 10.2. The number of aromatic nitrogens is 1. The lowest BCUT2D eigenvalue weighted by Gasteiger charge is -2.16. The molecule has 5 nitrogen and oxygen atoms in total. The molecule has 0 spiro atoms. The number of aryl methyl sites for hydroxylation is 1. The first-order chi connectivity index (χ1) is 9.13. The molecule has 102 valence electrons. The Hall–Kier alpha value is -1.62. The fraction of sp³-hybridized carbons (Fsp3) is 0.571. The molecule has 0 aromatic carbocycles. The van der Waals surface area contributed by atoms with E-state index in [1.54, 1.807) is 12.3 Å². The van der Waals surface area contributed by atoms with Crippen molar-refractivity contribution >= 4 is 11.6 Å². The minimum absolute atomic E-state index is 0.104. The highest BCUT2D eigenvalue weighted by atomic mass is 16.1. The topological polar surface area (TPSA) is 71.2 Å². The average Bonchev–Trinajstić information content (AvgIpc) is 3.10. The number of nitrogens with two attached hydrogens (primary N) is 1. The Balaban J connectivity index is 1.61. The van der Waals surface area contributed by atoms with Gasteiger partial charge in [0.2, 0.25) is 0 Å². The maximum atomic E-state index is 12.2. The third-order valence-electron chi connectivity index (χ3n) is 3.94. The van der Waals surface area contributed by atoms with Crippen LogP contribution in [0.25, 0.3) is 0 Å². The van der Waals surface area contributed by atoms with Gasteiger partial charge in [0, 0.05) is 42.8 Å². The Kier molecular flexibility index (Phi) is 3.14. The number of likely N-dealkylation sites (tertiary alicyclic amines) is 1.